The Morgan fingerprint density at radius 3 is 1.47 bits per heavy atom. The van der Waals surface area contributed by atoms with Crippen LogP contribution in [0.15, 0.2) is 145 Å². The first-order valence-corrected chi connectivity index (χ1v) is 48.4. The van der Waals surface area contributed by atoms with Crippen LogP contribution in [0.1, 0.15) is 46.0 Å². The fourth-order valence-electron chi connectivity index (χ4n) is 14.7. The number of aromatic nitrogens is 6. The smallest absolute Gasteiger partial charge is 0.229 e. The van der Waals surface area contributed by atoms with E-state index in [9.17, 15) is 26.5 Å². The Kier molecular flexibility index (Phi) is 28.4. The molecule has 26 nitrogen and oxygen atoms in total. The number of piperidine rings is 2. The van der Waals surface area contributed by atoms with Gasteiger partial charge in [-0.05, 0) is 172 Å². The molecule has 5 saturated heterocycles. The fourth-order valence-corrected chi connectivity index (χ4v) is 21.4. The van der Waals surface area contributed by atoms with Gasteiger partial charge in [-0.25, -0.2) is 27.8 Å². The molecule has 614 valence electrons. The Labute approximate surface area is 689 Å². The zero-order valence-corrected chi connectivity index (χ0v) is 72.6. The summed E-state index contributed by atoms with van der Waals surface area (Å²) < 4.78 is 95.7. The van der Waals surface area contributed by atoms with Crippen LogP contribution in [-0.2, 0) is 23.5 Å². The number of benzene rings is 6. The van der Waals surface area contributed by atoms with E-state index in [2.05, 4.69) is 116 Å². The van der Waals surface area contributed by atoms with Crippen molar-refractivity contribution in [3.63, 3.8) is 0 Å². The summed E-state index contributed by atoms with van der Waals surface area (Å²) in [5, 5.41) is 21.2. The molecule has 8 heterocycles. The second kappa shape index (κ2) is 37.9. The van der Waals surface area contributed by atoms with Crippen molar-refractivity contribution in [1.82, 2.24) is 49.5 Å². The number of fused-ring (bicyclic) bond motifs is 1. The van der Waals surface area contributed by atoms with Gasteiger partial charge in [-0.1, -0.05) is 65.5 Å². The Morgan fingerprint density at radius 2 is 0.939 bits per heavy atom. The highest BCUT2D eigenvalue weighted by Crippen LogP contribution is 2.48. The van der Waals surface area contributed by atoms with Crippen LogP contribution < -0.4 is 71.8 Å². The first kappa shape index (κ1) is 86.0. The SMILES string of the molecule is COc1cc(N2CCC(N3CCN(C)CC3)CC2)ccc1Nc1ncc(Cl)c(Nc2ccc(F)cc2P(C)(C)=O)n1.COc1cc(N2CCN3CCCCC3C2)ccc1Nc1ncc(Cl)c(Nc2ccccc2P(C)(C)=O)n1.COc1cc(P2(=O)CCN(C)CC2)ccc1Nc1ncc(Cl)c(Nc2ccccc2S(=O)(=O)C(C)C)n1. The molecular weight excluding hydrogens is 1600 g/mol. The van der Waals surface area contributed by atoms with Crippen molar-refractivity contribution in [3.8, 4) is 17.2 Å². The molecule has 5 aliphatic rings. The number of para-hydroxylation sites is 2. The maximum Gasteiger partial charge on any atom is 0.229 e. The summed E-state index contributed by atoms with van der Waals surface area (Å²) in [6.07, 6.45) is 12.0. The topological polar surface area (TPSA) is 282 Å². The van der Waals surface area contributed by atoms with Crippen molar-refractivity contribution >= 4 is 163 Å². The number of rotatable bonds is 23. The van der Waals surface area contributed by atoms with Crippen LogP contribution >= 0.6 is 56.2 Å². The van der Waals surface area contributed by atoms with Crippen LogP contribution in [-0.4, -0.2) is 228 Å². The average molecular weight is 1710 g/mol. The molecule has 34 heteroatoms. The third-order valence-electron chi connectivity index (χ3n) is 21.4. The third kappa shape index (κ3) is 21.7. The van der Waals surface area contributed by atoms with Crippen molar-refractivity contribution in [2.75, 3.05) is 195 Å². The van der Waals surface area contributed by atoms with Crippen LogP contribution in [0.2, 0.25) is 15.1 Å². The Balaban J connectivity index is 0.000000160. The lowest BCUT2D eigenvalue weighted by atomic mass is 9.99. The highest BCUT2D eigenvalue weighted by Gasteiger charge is 2.34. The zero-order chi connectivity index (χ0) is 81.9. The quantitative estimate of drug-likeness (QED) is 0.0325. The monoisotopic (exact) mass is 1700 g/mol. The minimum atomic E-state index is -3.54. The number of anilines is 14. The molecule has 115 heavy (non-hydrogen) atoms. The molecule has 3 aromatic heterocycles. The molecule has 5 aliphatic heterocycles. The van der Waals surface area contributed by atoms with Gasteiger partial charge in [-0.15, -0.1) is 0 Å². The number of sulfone groups is 1. The number of likely N-dealkylation sites (N-methyl/N-ethyl adjacent to an activating group) is 1. The van der Waals surface area contributed by atoms with Gasteiger partial charge in [-0.2, -0.15) is 15.0 Å². The number of hydrogen-bond acceptors (Lipinski definition) is 26. The summed E-state index contributed by atoms with van der Waals surface area (Å²) in [5.74, 6) is 3.36. The molecule has 14 rings (SSSR count). The van der Waals surface area contributed by atoms with Gasteiger partial charge in [0.1, 0.15) is 59.6 Å². The van der Waals surface area contributed by atoms with E-state index in [4.69, 9.17) is 49.0 Å². The predicted octanol–water partition coefficient (Wildman–Crippen LogP) is 15.5. The number of halogens is 4. The summed E-state index contributed by atoms with van der Waals surface area (Å²) >= 11 is 19.1. The van der Waals surface area contributed by atoms with Gasteiger partial charge in [0.15, 0.2) is 27.3 Å². The number of ether oxygens (including phenoxy) is 3. The molecule has 0 spiro atoms. The number of hydrogen-bond donors (Lipinski definition) is 6. The maximum atomic E-state index is 13.9. The van der Waals surface area contributed by atoms with Crippen LogP contribution in [0.25, 0.3) is 0 Å². The molecule has 0 aliphatic carbocycles. The number of methoxy groups -OCH3 is 3. The van der Waals surface area contributed by atoms with E-state index >= 15 is 0 Å². The van der Waals surface area contributed by atoms with E-state index in [1.807, 2.05) is 67.7 Å². The Bertz CT molecular complexity index is 5180. The van der Waals surface area contributed by atoms with E-state index in [1.54, 1.807) is 92.3 Å². The molecule has 6 N–H and O–H groups in total. The average Bonchev–Trinajstić information content (AvgIpc) is 0.813. The van der Waals surface area contributed by atoms with Crippen LogP contribution in [0, 0.1) is 5.82 Å². The summed E-state index contributed by atoms with van der Waals surface area (Å²) in [6, 6.07) is 37.3. The second-order valence-corrected chi connectivity index (χ2v) is 43.6. The van der Waals surface area contributed by atoms with Gasteiger partial charge in [0, 0.05) is 136 Å². The summed E-state index contributed by atoms with van der Waals surface area (Å²) in [4.78, 5) is 41.4. The molecule has 9 aromatic rings. The van der Waals surface area contributed by atoms with Crippen LogP contribution in [0.4, 0.5) is 85.2 Å². The van der Waals surface area contributed by atoms with E-state index in [0.717, 1.165) is 118 Å². The molecule has 0 radical (unpaired) electrons. The standard InChI is InChI=1S/C29H38ClFN7O2P.C27H34ClN6O2P.C25H31ClN5O4PS/c1-36-13-15-38(16-14-36)21-9-11-37(12-10-21)22-6-8-24(26(18-22)40-2)34-29-32-19-23(30)28(35-29)33-25-7-5-20(31)17-27(25)41(3,4)39;1-36-24-16-19(34-15-14-33-13-7-6-8-20(33)18-34)11-12-22(24)31-27-29-17-21(28)26(32-27)30-23-9-4-5-10-25(23)37(2,3)35;1-17(2)37(33,34)23-8-6-5-7-21(23)28-24-19(26)16-27-25(30-24)29-20-10-9-18(15-22(20)35-4)36(32)13-11-31(3)12-14-36/h5-8,17-19,21H,9-16H2,1-4H3,(H2,32,33,34,35);4-5,9-12,16-17,20H,6-8,13-15,18H2,1-3H3,(H2,29,30,31,32);5-10,15-17H,11-14H2,1-4H3,(H2,27,28,29,30). The van der Waals surface area contributed by atoms with Gasteiger partial charge in [-0.3, -0.25) is 9.80 Å². The van der Waals surface area contributed by atoms with Crippen molar-refractivity contribution in [1.29, 1.82) is 0 Å². The molecule has 5 fully saturated rings. The van der Waals surface area contributed by atoms with Gasteiger partial charge in [0.2, 0.25) is 17.8 Å². The lowest BCUT2D eigenvalue weighted by Gasteiger charge is -2.45. The van der Waals surface area contributed by atoms with Crippen LogP contribution in [0.5, 0.6) is 17.2 Å². The second-order valence-electron chi connectivity index (χ2n) is 30.4. The lowest BCUT2D eigenvalue weighted by Crippen LogP contribution is -2.54. The van der Waals surface area contributed by atoms with Gasteiger partial charge in [0.25, 0.3) is 0 Å². The third-order valence-corrected chi connectivity index (χ3v) is 30.6. The molecule has 1 unspecified atom stereocenters. The van der Waals surface area contributed by atoms with E-state index in [1.165, 1.54) is 56.4 Å². The lowest BCUT2D eigenvalue weighted by molar-refractivity contribution is 0.0982. The first-order valence-electron chi connectivity index (χ1n) is 38.5. The number of nitrogens with zero attached hydrogens (tertiary/aromatic N) is 12. The van der Waals surface area contributed by atoms with Crippen molar-refractivity contribution < 1.29 is 40.7 Å². The Hall–Kier alpha value is -8.36. The van der Waals surface area contributed by atoms with E-state index in [0.29, 0.717) is 98.2 Å². The summed E-state index contributed by atoms with van der Waals surface area (Å²) in [7, 11) is -2.19. The van der Waals surface area contributed by atoms with E-state index < -0.39 is 42.3 Å². The fraction of sp³-hybridized carbons (Fsp3) is 0.407. The van der Waals surface area contributed by atoms with Gasteiger partial charge < -0.3 is 79.4 Å². The number of nitrogens with one attached hydrogen (secondary N) is 6. The Morgan fingerprint density at radius 1 is 0.487 bits per heavy atom. The molecule has 0 saturated carbocycles. The largest absolute Gasteiger partial charge is 0.495 e. The maximum absolute atomic E-state index is 13.9. The van der Waals surface area contributed by atoms with Crippen molar-refractivity contribution in [2.45, 2.75) is 68.2 Å². The predicted molar refractivity (Wildman–Crippen MR) is 470 cm³/mol. The first-order chi connectivity index (χ1) is 54.9. The molecule has 0 bridgehead atoms. The van der Waals surface area contributed by atoms with Gasteiger partial charge >= 0.3 is 0 Å². The molecule has 6 aromatic carbocycles. The minimum Gasteiger partial charge on any atom is -0.495 e. The number of piperazine rings is 2. The van der Waals surface area contributed by atoms with Crippen molar-refractivity contribution in [2.24, 2.45) is 0 Å². The molecule has 0 amide bonds. The normalized spacial score (nSPS) is 17.2. The molecule has 1 atom stereocenters. The highest BCUT2D eigenvalue weighted by atomic mass is 35.5. The van der Waals surface area contributed by atoms with E-state index in [-0.39, 0.29) is 26.7 Å². The zero-order valence-electron chi connectivity index (χ0n) is 66.8. The van der Waals surface area contributed by atoms with Gasteiger partial charge in [0.05, 0.1) is 84.2 Å². The minimum absolute atomic E-state index is 0.162. The summed E-state index contributed by atoms with van der Waals surface area (Å²) in [6.45, 7) is 22.6. The molecular formula is C81H103Cl3FN18O8P3S. The summed E-state index contributed by atoms with van der Waals surface area (Å²) in [5.41, 5.74) is 5.92. The highest BCUT2D eigenvalue weighted by molar-refractivity contribution is 7.92. The van der Waals surface area contributed by atoms with Crippen molar-refractivity contribution in [3.05, 3.63) is 161 Å². The van der Waals surface area contributed by atoms with Crippen LogP contribution in [0.3, 0.4) is 0 Å².